The van der Waals surface area contributed by atoms with Crippen LogP contribution in [0.1, 0.15) is 25.3 Å². The lowest BCUT2D eigenvalue weighted by Crippen LogP contribution is -2.04. The standard InChI is InChI=1S/C16H17NO2/c1-11(2)12-4-3-5-16(19)15(10-12)17-13-6-8-14(18)9-7-13/h3-11,18H,1-2H3,(H,17,19). The van der Waals surface area contributed by atoms with Gasteiger partial charge in [-0.3, -0.25) is 4.79 Å². The molecule has 2 aromatic rings. The topological polar surface area (TPSA) is 49.3 Å². The van der Waals surface area contributed by atoms with Gasteiger partial charge in [0.2, 0.25) is 5.43 Å². The summed E-state index contributed by atoms with van der Waals surface area (Å²) >= 11 is 0. The van der Waals surface area contributed by atoms with E-state index in [1.807, 2.05) is 12.1 Å². The van der Waals surface area contributed by atoms with Crippen molar-refractivity contribution in [3.05, 3.63) is 64.3 Å². The molecule has 0 saturated heterocycles. The third-order valence-electron chi connectivity index (χ3n) is 2.93. The summed E-state index contributed by atoms with van der Waals surface area (Å²) in [5.74, 6) is 0.557. The van der Waals surface area contributed by atoms with E-state index in [0.717, 1.165) is 11.3 Å². The van der Waals surface area contributed by atoms with E-state index in [1.54, 1.807) is 36.4 Å². The number of benzene rings is 1. The van der Waals surface area contributed by atoms with Crippen molar-refractivity contribution in [1.82, 2.24) is 0 Å². The number of phenolic OH excluding ortho intramolecular Hbond substituents is 1. The van der Waals surface area contributed by atoms with Gasteiger partial charge in [0.15, 0.2) is 0 Å². The number of rotatable bonds is 3. The van der Waals surface area contributed by atoms with E-state index in [0.29, 0.717) is 11.6 Å². The van der Waals surface area contributed by atoms with Gasteiger partial charge in [-0.1, -0.05) is 26.0 Å². The summed E-state index contributed by atoms with van der Waals surface area (Å²) < 4.78 is 0. The number of aromatic hydroxyl groups is 1. The van der Waals surface area contributed by atoms with Gasteiger partial charge >= 0.3 is 0 Å². The van der Waals surface area contributed by atoms with Crippen LogP contribution < -0.4 is 10.7 Å². The molecule has 0 aliphatic heterocycles. The quantitative estimate of drug-likeness (QED) is 0.823. The Bertz CT molecular complexity index is 618. The second-order valence-corrected chi connectivity index (χ2v) is 4.77. The van der Waals surface area contributed by atoms with E-state index in [4.69, 9.17) is 0 Å². The van der Waals surface area contributed by atoms with Gasteiger partial charge in [0.25, 0.3) is 0 Å². The highest BCUT2D eigenvalue weighted by atomic mass is 16.3. The molecule has 3 heteroatoms. The highest BCUT2D eigenvalue weighted by Gasteiger charge is 2.03. The van der Waals surface area contributed by atoms with Gasteiger partial charge in [0, 0.05) is 5.69 Å². The minimum Gasteiger partial charge on any atom is -0.508 e. The van der Waals surface area contributed by atoms with Crippen LogP contribution >= 0.6 is 0 Å². The lowest BCUT2D eigenvalue weighted by molar-refractivity contribution is 0.475. The van der Waals surface area contributed by atoms with Gasteiger partial charge in [-0.15, -0.1) is 0 Å². The monoisotopic (exact) mass is 255 g/mol. The maximum absolute atomic E-state index is 12.0. The molecule has 0 bridgehead atoms. The summed E-state index contributed by atoms with van der Waals surface area (Å²) in [6.45, 7) is 4.17. The Morgan fingerprint density at radius 1 is 1.05 bits per heavy atom. The van der Waals surface area contributed by atoms with Crippen molar-refractivity contribution in [2.75, 3.05) is 5.32 Å². The molecule has 0 unspecified atom stereocenters. The molecule has 98 valence electrons. The molecule has 2 aromatic carbocycles. The van der Waals surface area contributed by atoms with Crippen molar-refractivity contribution in [3.63, 3.8) is 0 Å². The van der Waals surface area contributed by atoms with Crippen molar-refractivity contribution in [1.29, 1.82) is 0 Å². The number of hydrogen-bond acceptors (Lipinski definition) is 3. The molecule has 0 fully saturated rings. The molecule has 0 spiro atoms. The predicted molar refractivity (Wildman–Crippen MR) is 78.2 cm³/mol. The zero-order valence-electron chi connectivity index (χ0n) is 11.1. The second-order valence-electron chi connectivity index (χ2n) is 4.77. The summed E-state index contributed by atoms with van der Waals surface area (Å²) in [4.78, 5) is 12.0. The first kappa shape index (κ1) is 13.1. The fraction of sp³-hybridized carbons (Fsp3) is 0.188. The maximum atomic E-state index is 12.0. The average Bonchev–Trinajstić information content (AvgIpc) is 2.55. The highest BCUT2D eigenvalue weighted by molar-refractivity contribution is 5.60. The summed E-state index contributed by atoms with van der Waals surface area (Å²) in [7, 11) is 0. The lowest BCUT2D eigenvalue weighted by atomic mass is 10.1. The molecule has 19 heavy (non-hydrogen) atoms. The summed E-state index contributed by atoms with van der Waals surface area (Å²) in [6, 6.07) is 13.8. The van der Waals surface area contributed by atoms with Crippen molar-refractivity contribution < 1.29 is 5.11 Å². The van der Waals surface area contributed by atoms with Crippen molar-refractivity contribution in [2.45, 2.75) is 19.8 Å². The van der Waals surface area contributed by atoms with Gasteiger partial charge < -0.3 is 10.4 Å². The second kappa shape index (κ2) is 5.57. The Kier molecular flexibility index (Phi) is 3.85. The summed E-state index contributed by atoms with van der Waals surface area (Å²) in [5.41, 5.74) is 2.36. The van der Waals surface area contributed by atoms with Crippen molar-refractivity contribution in [3.8, 4) is 5.75 Å². The van der Waals surface area contributed by atoms with Crippen molar-refractivity contribution in [2.24, 2.45) is 0 Å². The minimum absolute atomic E-state index is 0.0556. The molecule has 2 N–H and O–H groups in total. The molecular weight excluding hydrogens is 238 g/mol. The number of hydrogen-bond donors (Lipinski definition) is 2. The molecule has 0 radical (unpaired) electrons. The van der Waals surface area contributed by atoms with Crippen molar-refractivity contribution >= 4 is 11.4 Å². The Hall–Kier alpha value is -2.29. The Morgan fingerprint density at radius 2 is 1.74 bits per heavy atom. The molecule has 0 atom stereocenters. The van der Waals surface area contributed by atoms with Gasteiger partial charge in [-0.2, -0.15) is 0 Å². The fourth-order valence-electron chi connectivity index (χ4n) is 1.78. The zero-order chi connectivity index (χ0) is 13.8. The molecular formula is C16H17NO2. The zero-order valence-corrected chi connectivity index (χ0v) is 11.1. The first-order chi connectivity index (χ1) is 9.06. The van der Waals surface area contributed by atoms with Crippen LogP contribution in [0.5, 0.6) is 5.75 Å². The van der Waals surface area contributed by atoms with Gasteiger partial charge in [-0.05, 0) is 47.9 Å². The molecule has 0 aliphatic rings. The first-order valence-corrected chi connectivity index (χ1v) is 6.26. The Morgan fingerprint density at radius 3 is 2.37 bits per heavy atom. The van der Waals surface area contributed by atoms with E-state index in [1.165, 1.54) is 0 Å². The van der Waals surface area contributed by atoms with Gasteiger partial charge in [0.05, 0.1) is 5.69 Å². The smallest absolute Gasteiger partial charge is 0.201 e. The van der Waals surface area contributed by atoms with Crippen LogP contribution in [0.4, 0.5) is 11.4 Å². The SMILES string of the molecule is CC(C)c1cccc(=O)c(Nc2ccc(O)cc2)c1. The van der Waals surface area contributed by atoms with E-state index < -0.39 is 0 Å². The van der Waals surface area contributed by atoms with Crippen LogP contribution in [-0.2, 0) is 0 Å². The average molecular weight is 255 g/mol. The largest absolute Gasteiger partial charge is 0.508 e. The van der Waals surface area contributed by atoms with E-state index in [2.05, 4.69) is 19.2 Å². The van der Waals surface area contributed by atoms with Gasteiger partial charge in [-0.25, -0.2) is 0 Å². The van der Waals surface area contributed by atoms with Crippen LogP contribution in [-0.4, -0.2) is 5.11 Å². The number of phenols is 1. The third kappa shape index (κ3) is 3.35. The van der Waals surface area contributed by atoms with Crippen LogP contribution in [0.2, 0.25) is 0 Å². The van der Waals surface area contributed by atoms with E-state index in [9.17, 15) is 9.90 Å². The maximum Gasteiger partial charge on any atom is 0.201 e. The number of anilines is 2. The highest BCUT2D eigenvalue weighted by Crippen LogP contribution is 2.20. The third-order valence-corrected chi connectivity index (χ3v) is 2.93. The summed E-state index contributed by atoms with van der Waals surface area (Å²) in [5, 5.41) is 12.3. The normalized spacial score (nSPS) is 10.5. The Balaban J connectivity index is 2.39. The lowest BCUT2D eigenvalue weighted by Gasteiger charge is -2.06. The molecule has 0 saturated carbocycles. The summed E-state index contributed by atoms with van der Waals surface area (Å²) in [6.07, 6.45) is 0. The Labute approximate surface area is 112 Å². The van der Waals surface area contributed by atoms with E-state index >= 15 is 0 Å². The molecule has 0 amide bonds. The van der Waals surface area contributed by atoms with Crippen LogP contribution in [0.25, 0.3) is 0 Å². The molecule has 0 aliphatic carbocycles. The molecule has 2 rings (SSSR count). The number of nitrogens with one attached hydrogen (secondary N) is 1. The fourth-order valence-corrected chi connectivity index (χ4v) is 1.78. The predicted octanol–water partition coefficient (Wildman–Crippen LogP) is 3.62. The molecule has 0 heterocycles. The first-order valence-electron chi connectivity index (χ1n) is 6.26. The molecule has 3 nitrogen and oxygen atoms in total. The molecule has 0 aromatic heterocycles. The van der Waals surface area contributed by atoms with Crippen LogP contribution in [0.3, 0.4) is 0 Å². The van der Waals surface area contributed by atoms with Gasteiger partial charge in [0.1, 0.15) is 5.75 Å². The minimum atomic E-state index is -0.0556. The van der Waals surface area contributed by atoms with Crippen LogP contribution in [0, 0.1) is 0 Å². The van der Waals surface area contributed by atoms with Crippen LogP contribution in [0.15, 0.2) is 53.3 Å². The van der Waals surface area contributed by atoms with E-state index in [-0.39, 0.29) is 11.2 Å².